The molecule has 1 heterocycles. The SMILES string of the molecule is CCn1c2ccccc2c2cc(NS(=O)(=O)C[C@]34CC[C@@H](CC3=O)C4(C)C)ccc21. The van der Waals surface area contributed by atoms with E-state index in [4.69, 9.17) is 0 Å². The summed E-state index contributed by atoms with van der Waals surface area (Å²) in [6, 6.07) is 13.9. The summed E-state index contributed by atoms with van der Waals surface area (Å²) in [4.78, 5) is 12.8. The van der Waals surface area contributed by atoms with Gasteiger partial charge in [-0.2, -0.15) is 0 Å². The molecule has 1 N–H and O–H groups in total. The van der Waals surface area contributed by atoms with Crippen LogP contribution in [-0.2, 0) is 21.4 Å². The monoisotopic (exact) mass is 424 g/mol. The van der Waals surface area contributed by atoms with Crippen LogP contribution in [0.3, 0.4) is 0 Å². The van der Waals surface area contributed by atoms with Crippen molar-refractivity contribution in [3.63, 3.8) is 0 Å². The Balaban J connectivity index is 1.51. The predicted molar refractivity (Wildman–Crippen MR) is 121 cm³/mol. The Morgan fingerprint density at radius 2 is 1.83 bits per heavy atom. The normalized spacial score (nSPS) is 25.4. The lowest BCUT2D eigenvalue weighted by atomic mass is 9.70. The number of sulfonamides is 1. The van der Waals surface area contributed by atoms with Crippen molar-refractivity contribution < 1.29 is 13.2 Å². The molecule has 0 radical (unpaired) electrons. The molecular formula is C24H28N2O3S. The largest absolute Gasteiger partial charge is 0.341 e. The second kappa shape index (κ2) is 6.33. The highest BCUT2D eigenvalue weighted by Crippen LogP contribution is 2.64. The van der Waals surface area contributed by atoms with E-state index in [2.05, 4.69) is 42.2 Å². The first-order valence-corrected chi connectivity index (χ1v) is 12.4. The average molecular weight is 425 g/mol. The second-order valence-corrected chi connectivity index (χ2v) is 11.2. The number of anilines is 1. The van der Waals surface area contributed by atoms with Crippen molar-refractivity contribution in [3.8, 4) is 0 Å². The van der Waals surface area contributed by atoms with Crippen LogP contribution in [-0.4, -0.2) is 24.5 Å². The molecule has 3 aromatic rings. The Bertz CT molecular complexity index is 1290. The van der Waals surface area contributed by atoms with E-state index in [1.54, 1.807) is 0 Å². The smallest absolute Gasteiger partial charge is 0.233 e. The van der Waals surface area contributed by atoms with E-state index in [1.807, 2.05) is 30.3 Å². The lowest BCUT2D eigenvalue weighted by molar-refractivity contribution is -0.128. The van der Waals surface area contributed by atoms with Gasteiger partial charge in [-0.15, -0.1) is 0 Å². The topological polar surface area (TPSA) is 68.2 Å². The highest BCUT2D eigenvalue weighted by molar-refractivity contribution is 7.92. The van der Waals surface area contributed by atoms with Gasteiger partial charge in [0.2, 0.25) is 10.0 Å². The van der Waals surface area contributed by atoms with Crippen molar-refractivity contribution in [3.05, 3.63) is 42.5 Å². The maximum Gasteiger partial charge on any atom is 0.233 e. The van der Waals surface area contributed by atoms with Crippen LogP contribution in [0.1, 0.15) is 40.0 Å². The van der Waals surface area contributed by atoms with Crippen molar-refractivity contribution >= 4 is 43.3 Å². The maximum absolute atomic E-state index is 13.2. The van der Waals surface area contributed by atoms with Gasteiger partial charge in [0.25, 0.3) is 0 Å². The van der Waals surface area contributed by atoms with E-state index >= 15 is 0 Å². The van der Waals surface area contributed by atoms with Gasteiger partial charge in [0.1, 0.15) is 5.78 Å². The van der Waals surface area contributed by atoms with E-state index in [9.17, 15) is 13.2 Å². The minimum atomic E-state index is -3.66. The van der Waals surface area contributed by atoms with Gasteiger partial charge in [-0.25, -0.2) is 8.42 Å². The van der Waals surface area contributed by atoms with Gasteiger partial charge in [-0.05, 0) is 55.4 Å². The maximum atomic E-state index is 13.2. The average Bonchev–Trinajstić information content (AvgIpc) is 3.20. The van der Waals surface area contributed by atoms with E-state index in [0.29, 0.717) is 24.4 Å². The summed E-state index contributed by atoms with van der Waals surface area (Å²) in [5.74, 6) is 0.296. The zero-order chi connectivity index (χ0) is 21.3. The van der Waals surface area contributed by atoms with Gasteiger partial charge in [-0.1, -0.05) is 32.0 Å². The molecule has 0 saturated heterocycles. The first-order valence-electron chi connectivity index (χ1n) is 10.7. The van der Waals surface area contributed by atoms with Crippen LogP contribution < -0.4 is 4.72 Å². The molecule has 2 saturated carbocycles. The summed E-state index contributed by atoms with van der Waals surface area (Å²) in [5.41, 5.74) is 1.76. The first-order chi connectivity index (χ1) is 14.2. The summed E-state index contributed by atoms with van der Waals surface area (Å²) >= 11 is 0. The third kappa shape index (κ3) is 2.59. The number of carbonyl (C=O) groups excluding carboxylic acids is 1. The molecule has 2 aliphatic rings. The van der Waals surface area contributed by atoms with Gasteiger partial charge in [0, 0.05) is 40.5 Å². The number of hydrogen-bond acceptors (Lipinski definition) is 3. The summed E-state index contributed by atoms with van der Waals surface area (Å²) in [5, 5.41) is 2.14. The molecule has 0 unspecified atom stereocenters. The quantitative estimate of drug-likeness (QED) is 0.630. The predicted octanol–water partition coefficient (Wildman–Crippen LogP) is 4.95. The van der Waals surface area contributed by atoms with Crippen LogP contribution in [0.25, 0.3) is 21.8 Å². The minimum absolute atomic E-state index is 0.121. The Kier molecular flexibility index (Phi) is 4.14. The molecule has 2 aromatic carbocycles. The standard InChI is InChI=1S/C24H28N2O3S/c1-4-26-20-8-6-5-7-18(20)19-14-17(9-10-21(19)26)25-30(28,29)15-24-12-11-16(13-22(24)27)23(24,2)3/h5-10,14,16,25H,4,11-13,15H2,1-3H3/t16-,24+/m0/s1. The number of benzene rings is 2. The minimum Gasteiger partial charge on any atom is -0.341 e. The van der Waals surface area contributed by atoms with Crippen LogP contribution in [0.5, 0.6) is 0 Å². The summed E-state index contributed by atoms with van der Waals surface area (Å²) in [6.07, 6.45) is 2.13. The van der Waals surface area contributed by atoms with Gasteiger partial charge < -0.3 is 4.57 Å². The fourth-order valence-electron chi connectivity index (χ4n) is 6.11. The number of rotatable bonds is 5. The lowest BCUT2D eigenvalue weighted by Crippen LogP contribution is -2.43. The zero-order valence-electron chi connectivity index (χ0n) is 17.7. The van der Waals surface area contributed by atoms with E-state index in [1.165, 1.54) is 0 Å². The number of nitrogens with one attached hydrogen (secondary N) is 1. The number of hydrogen-bond donors (Lipinski definition) is 1. The number of Topliss-reactive ketones (excluding diaryl/α,β-unsaturated/α-hetero) is 1. The fraction of sp³-hybridized carbons (Fsp3) is 0.458. The molecule has 5 rings (SSSR count). The van der Waals surface area contributed by atoms with Gasteiger partial charge in [-0.3, -0.25) is 9.52 Å². The number of aryl methyl sites for hydroxylation is 1. The van der Waals surface area contributed by atoms with Crippen LogP contribution in [0.4, 0.5) is 5.69 Å². The molecular weight excluding hydrogens is 396 g/mol. The number of nitrogens with zero attached hydrogens (tertiary/aromatic N) is 1. The molecule has 2 atom stereocenters. The molecule has 6 heteroatoms. The summed E-state index contributed by atoms with van der Waals surface area (Å²) in [7, 11) is -3.66. The van der Waals surface area contributed by atoms with Crippen molar-refractivity contribution in [2.24, 2.45) is 16.7 Å². The second-order valence-electron chi connectivity index (χ2n) is 9.52. The Morgan fingerprint density at radius 1 is 1.10 bits per heavy atom. The molecule has 2 aliphatic carbocycles. The number of ketones is 1. The molecule has 30 heavy (non-hydrogen) atoms. The van der Waals surface area contributed by atoms with Crippen molar-refractivity contribution in [1.29, 1.82) is 0 Å². The van der Waals surface area contributed by atoms with Gasteiger partial charge in [0.15, 0.2) is 0 Å². The fourth-order valence-corrected chi connectivity index (χ4v) is 7.99. The van der Waals surface area contributed by atoms with Crippen LogP contribution in [0.15, 0.2) is 42.5 Å². The molecule has 158 valence electrons. The molecule has 1 aromatic heterocycles. The Morgan fingerprint density at radius 3 is 2.50 bits per heavy atom. The summed E-state index contributed by atoms with van der Waals surface area (Å²) < 4.78 is 31.3. The summed E-state index contributed by atoms with van der Waals surface area (Å²) in [6.45, 7) is 7.08. The molecule has 5 nitrogen and oxygen atoms in total. The number of fused-ring (bicyclic) bond motifs is 5. The number of carbonyl (C=O) groups is 1. The number of aromatic nitrogens is 1. The van der Waals surface area contributed by atoms with Crippen LogP contribution in [0, 0.1) is 16.7 Å². The third-order valence-corrected chi connectivity index (χ3v) is 9.36. The van der Waals surface area contributed by atoms with E-state index in [-0.39, 0.29) is 17.0 Å². The number of para-hydroxylation sites is 1. The Hall–Kier alpha value is -2.34. The van der Waals surface area contributed by atoms with Crippen LogP contribution in [0.2, 0.25) is 0 Å². The van der Waals surface area contributed by atoms with E-state index in [0.717, 1.165) is 34.8 Å². The van der Waals surface area contributed by atoms with Crippen molar-refractivity contribution in [2.75, 3.05) is 10.5 Å². The van der Waals surface area contributed by atoms with Gasteiger partial charge >= 0.3 is 0 Å². The molecule has 0 amide bonds. The van der Waals surface area contributed by atoms with Crippen LogP contribution >= 0.6 is 0 Å². The molecule has 2 bridgehead atoms. The molecule has 0 spiro atoms. The van der Waals surface area contributed by atoms with E-state index < -0.39 is 15.4 Å². The van der Waals surface area contributed by atoms with Crippen molar-refractivity contribution in [2.45, 2.75) is 46.6 Å². The first kappa shape index (κ1) is 19.6. The highest BCUT2D eigenvalue weighted by atomic mass is 32.2. The molecule has 0 aliphatic heterocycles. The van der Waals surface area contributed by atoms with Crippen molar-refractivity contribution in [1.82, 2.24) is 4.57 Å². The Labute approximate surface area is 177 Å². The zero-order valence-corrected chi connectivity index (χ0v) is 18.6. The highest BCUT2D eigenvalue weighted by Gasteiger charge is 2.65. The third-order valence-electron chi connectivity index (χ3n) is 7.94. The lowest BCUT2D eigenvalue weighted by Gasteiger charge is -2.36. The van der Waals surface area contributed by atoms with Gasteiger partial charge in [0.05, 0.1) is 11.2 Å². The molecule has 2 fully saturated rings.